The number of fused-ring (bicyclic) bond motifs is 2. The molecule has 2 aromatic heterocycles. The van der Waals surface area contributed by atoms with Gasteiger partial charge >= 0.3 is 0 Å². The van der Waals surface area contributed by atoms with Crippen molar-refractivity contribution in [1.29, 1.82) is 0 Å². The summed E-state index contributed by atoms with van der Waals surface area (Å²) in [7, 11) is 0. The fourth-order valence-electron chi connectivity index (χ4n) is 4.32. The van der Waals surface area contributed by atoms with Gasteiger partial charge in [0.2, 0.25) is 0 Å². The molecule has 5 heteroatoms. The van der Waals surface area contributed by atoms with Crippen molar-refractivity contribution in [3.63, 3.8) is 0 Å². The molecule has 5 rings (SSSR count). The van der Waals surface area contributed by atoms with Crippen LogP contribution in [0.4, 0.5) is 5.69 Å². The van der Waals surface area contributed by atoms with Crippen molar-refractivity contribution in [3.8, 4) is 22.3 Å². The number of unbranched alkanes of at least 4 members (excludes halogenated alkanes) is 2. The smallest absolute Gasteiger partial charge is 0.162 e. The van der Waals surface area contributed by atoms with Crippen LogP contribution in [0.15, 0.2) is 79.3 Å². The number of aryl methyl sites for hydroxylation is 1. The third kappa shape index (κ3) is 7.42. The van der Waals surface area contributed by atoms with Gasteiger partial charge < -0.3 is 11.1 Å². The molecule has 200 valence electrons. The van der Waals surface area contributed by atoms with Crippen molar-refractivity contribution in [3.05, 3.63) is 84.8 Å². The second-order valence-electron chi connectivity index (χ2n) is 9.28. The zero-order valence-electron chi connectivity index (χ0n) is 23.7. The minimum atomic E-state index is 0.735. The molecule has 0 saturated carbocycles. The SMILES string of the molecule is CC.CCCCCNCCC.Cc1ccc(-c2cnc3c(-c4cc(N)cc5ccccc45)cnn3c2)cc1. The van der Waals surface area contributed by atoms with Gasteiger partial charge in [0.15, 0.2) is 5.65 Å². The molecule has 0 aliphatic heterocycles. The Balaban J connectivity index is 0.000000312. The number of hydrogen-bond donors (Lipinski definition) is 2. The van der Waals surface area contributed by atoms with E-state index >= 15 is 0 Å². The van der Waals surface area contributed by atoms with E-state index in [0.717, 1.165) is 44.4 Å². The number of anilines is 1. The molecule has 0 spiro atoms. The number of aromatic nitrogens is 3. The van der Waals surface area contributed by atoms with Crippen LogP contribution in [0.3, 0.4) is 0 Å². The first kappa shape index (κ1) is 28.9. The van der Waals surface area contributed by atoms with Crippen molar-refractivity contribution in [1.82, 2.24) is 19.9 Å². The fraction of sp³-hybridized carbons (Fsp3) is 0.333. The molecule has 0 aliphatic carbocycles. The average Bonchev–Trinajstić information content (AvgIpc) is 3.37. The summed E-state index contributed by atoms with van der Waals surface area (Å²) in [6.07, 6.45) is 11.1. The van der Waals surface area contributed by atoms with Gasteiger partial charge in [-0.2, -0.15) is 5.10 Å². The molecule has 3 aromatic carbocycles. The summed E-state index contributed by atoms with van der Waals surface area (Å²) >= 11 is 0. The molecular weight excluding hydrogens is 466 g/mol. The first-order chi connectivity index (χ1) is 18.6. The molecule has 5 nitrogen and oxygen atoms in total. The highest BCUT2D eigenvalue weighted by Gasteiger charge is 2.13. The van der Waals surface area contributed by atoms with E-state index in [9.17, 15) is 0 Å². The van der Waals surface area contributed by atoms with E-state index in [4.69, 9.17) is 10.7 Å². The number of nitrogens with two attached hydrogens (primary N) is 1. The Morgan fingerprint density at radius 3 is 2.32 bits per heavy atom. The normalized spacial score (nSPS) is 10.6. The van der Waals surface area contributed by atoms with Gasteiger partial charge in [0.05, 0.1) is 6.20 Å². The number of benzene rings is 3. The molecule has 0 amide bonds. The molecule has 0 radical (unpaired) electrons. The Hall–Kier alpha value is -3.70. The van der Waals surface area contributed by atoms with Crippen LogP contribution < -0.4 is 11.1 Å². The lowest BCUT2D eigenvalue weighted by atomic mass is 9.99. The predicted octanol–water partition coefficient (Wildman–Crippen LogP) is 8.31. The summed E-state index contributed by atoms with van der Waals surface area (Å²) in [5.41, 5.74) is 13.1. The molecule has 5 aromatic rings. The summed E-state index contributed by atoms with van der Waals surface area (Å²) in [6.45, 7) is 12.9. The summed E-state index contributed by atoms with van der Waals surface area (Å²) in [4.78, 5) is 4.71. The molecule has 0 aliphatic rings. The van der Waals surface area contributed by atoms with E-state index in [1.165, 1.54) is 44.3 Å². The van der Waals surface area contributed by atoms with E-state index in [1.807, 2.05) is 61.2 Å². The highest BCUT2D eigenvalue weighted by molar-refractivity contribution is 6.01. The zero-order valence-corrected chi connectivity index (χ0v) is 23.7. The molecule has 38 heavy (non-hydrogen) atoms. The Bertz CT molecular complexity index is 1400. The monoisotopic (exact) mass is 509 g/mol. The largest absolute Gasteiger partial charge is 0.399 e. The number of nitrogens with zero attached hydrogens (tertiary/aromatic N) is 3. The van der Waals surface area contributed by atoms with Crippen LogP contribution in [0, 0.1) is 6.92 Å². The maximum absolute atomic E-state index is 6.14. The summed E-state index contributed by atoms with van der Waals surface area (Å²) in [5, 5.41) is 10.2. The summed E-state index contributed by atoms with van der Waals surface area (Å²) in [6, 6.07) is 20.6. The second-order valence-corrected chi connectivity index (χ2v) is 9.28. The van der Waals surface area contributed by atoms with Crippen LogP contribution in [0.25, 0.3) is 38.7 Å². The predicted molar refractivity (Wildman–Crippen MR) is 165 cm³/mol. The Morgan fingerprint density at radius 2 is 1.58 bits per heavy atom. The second kappa shape index (κ2) is 14.9. The summed E-state index contributed by atoms with van der Waals surface area (Å²) in [5.74, 6) is 0. The van der Waals surface area contributed by atoms with E-state index in [-0.39, 0.29) is 0 Å². The molecule has 0 unspecified atom stereocenters. The Morgan fingerprint density at radius 1 is 0.816 bits per heavy atom. The van der Waals surface area contributed by atoms with Gasteiger partial charge in [-0.25, -0.2) is 9.50 Å². The topological polar surface area (TPSA) is 68.2 Å². The maximum atomic E-state index is 6.14. The third-order valence-electron chi connectivity index (χ3n) is 6.30. The van der Waals surface area contributed by atoms with E-state index in [2.05, 4.69) is 67.6 Å². The first-order valence-corrected chi connectivity index (χ1v) is 14.0. The van der Waals surface area contributed by atoms with E-state index in [0.29, 0.717) is 0 Å². The fourth-order valence-corrected chi connectivity index (χ4v) is 4.32. The van der Waals surface area contributed by atoms with Crippen molar-refractivity contribution in [2.75, 3.05) is 18.8 Å². The van der Waals surface area contributed by atoms with Crippen molar-refractivity contribution in [2.24, 2.45) is 0 Å². The number of hydrogen-bond acceptors (Lipinski definition) is 4. The van der Waals surface area contributed by atoms with E-state index < -0.39 is 0 Å². The lowest BCUT2D eigenvalue weighted by Crippen LogP contribution is -2.15. The molecule has 0 bridgehead atoms. The number of rotatable bonds is 8. The van der Waals surface area contributed by atoms with Crippen molar-refractivity contribution in [2.45, 2.75) is 60.3 Å². The van der Waals surface area contributed by atoms with Crippen molar-refractivity contribution >= 4 is 22.1 Å². The average molecular weight is 510 g/mol. The lowest BCUT2D eigenvalue weighted by Gasteiger charge is -2.08. The van der Waals surface area contributed by atoms with Crippen LogP contribution in [-0.2, 0) is 0 Å². The van der Waals surface area contributed by atoms with Crippen LogP contribution in [0.1, 0.15) is 58.9 Å². The Labute approximate surface area is 228 Å². The van der Waals surface area contributed by atoms with Gasteiger partial charge in [-0.05, 0) is 66.9 Å². The molecular formula is C33H43N5. The highest BCUT2D eigenvalue weighted by Crippen LogP contribution is 2.33. The van der Waals surface area contributed by atoms with Crippen LogP contribution in [-0.4, -0.2) is 27.7 Å². The van der Waals surface area contributed by atoms with E-state index in [1.54, 1.807) is 0 Å². The minimum absolute atomic E-state index is 0.735. The van der Waals surface area contributed by atoms with Crippen LogP contribution in [0.2, 0.25) is 0 Å². The van der Waals surface area contributed by atoms with Gasteiger partial charge in [-0.15, -0.1) is 0 Å². The minimum Gasteiger partial charge on any atom is -0.399 e. The van der Waals surface area contributed by atoms with Crippen LogP contribution >= 0.6 is 0 Å². The summed E-state index contributed by atoms with van der Waals surface area (Å²) < 4.78 is 1.84. The first-order valence-electron chi connectivity index (χ1n) is 14.0. The van der Waals surface area contributed by atoms with Gasteiger partial charge in [0, 0.05) is 29.2 Å². The molecule has 2 heterocycles. The lowest BCUT2D eigenvalue weighted by molar-refractivity contribution is 0.611. The molecule has 0 fully saturated rings. The zero-order chi connectivity index (χ0) is 27.3. The molecule has 3 N–H and O–H groups in total. The Kier molecular flexibility index (Phi) is 11.3. The third-order valence-corrected chi connectivity index (χ3v) is 6.30. The standard InChI is InChI=1S/C23H18N4.C8H19N.C2H6/c1-15-6-8-16(9-7-15)18-12-25-23-22(13-26-27(23)14-18)21-11-19(24)10-17-4-2-3-5-20(17)21;1-3-5-6-8-9-7-4-2;1-2/h2-14H,24H2,1H3;9H,3-8H2,1-2H3;1-2H3. The van der Waals surface area contributed by atoms with Gasteiger partial charge in [-0.1, -0.05) is 94.6 Å². The van der Waals surface area contributed by atoms with Gasteiger partial charge in [0.25, 0.3) is 0 Å². The van der Waals surface area contributed by atoms with Gasteiger partial charge in [0.1, 0.15) is 0 Å². The molecule has 0 atom stereocenters. The number of nitrogen functional groups attached to an aromatic ring is 1. The van der Waals surface area contributed by atoms with Crippen LogP contribution in [0.5, 0.6) is 0 Å². The maximum Gasteiger partial charge on any atom is 0.162 e. The highest BCUT2D eigenvalue weighted by atomic mass is 15.2. The van der Waals surface area contributed by atoms with Crippen molar-refractivity contribution < 1.29 is 0 Å². The quantitative estimate of drug-likeness (QED) is 0.163. The molecule has 0 saturated heterocycles. The van der Waals surface area contributed by atoms with Gasteiger partial charge in [-0.3, -0.25) is 0 Å². The number of nitrogens with one attached hydrogen (secondary N) is 1.